The normalized spacial score (nSPS) is 12.7. The van der Waals surface area contributed by atoms with Crippen LogP contribution in [0.25, 0.3) is 131 Å². The number of piperidine rings is 1. The second-order valence-corrected chi connectivity index (χ2v) is 36.4. The number of rotatable bonds is 18. The van der Waals surface area contributed by atoms with E-state index in [1.807, 2.05) is 160 Å². The Morgan fingerprint density at radius 1 is 0.246 bits per heavy atom. The standard InChI is InChI=1S/C23H24N2.C22H21N3.C22H20N2.C21H18N2O.C21H20N2.C19H16N2/c1-3-13-25(14-4-2)22-12-11-18-15-20(10-9-19(18)16-22)23-8-6-5-7-21(23)17-24;1-24-10-12-25(13-11-24)21-9-8-17-14-19(7-6-18(17)15-21)22-5-3-2-4-20(22)16-23;23-16-20-6-2-3-7-22(20)19-9-8-18-15-21(11-10-17(18)14-19)24-12-4-1-5-13-24;22-15-19-3-1-2-4-21(19)18-6-5-17-14-20(8-7-16(17)13-18)23-9-11-24-12-10-23;1-3-23(4-2)20-12-11-16-13-18(10-9-17(16)14-20)21-8-6-5-7-19(21)15-22;1-21(2)18-10-9-14-11-16(8-7-15(14)12-18)19-6-4-3-5-17(19)13-20/h5-12,15-16H,3-4,13-14H2,1-2H3;2-9,14-15H,10-13H2,1H3;2-3,6-11,14-15H,1,4-5,12-13H2;1-8,13-14H,9-12H2;5-14H,3-4H2,1-2H3;3-12H,1-2H3. The van der Waals surface area contributed by atoms with Crippen molar-refractivity contribution in [3.8, 4) is 103 Å². The van der Waals surface area contributed by atoms with Gasteiger partial charge in [0.1, 0.15) is 0 Å². The lowest BCUT2D eigenvalue weighted by molar-refractivity contribution is 0.122. The predicted octanol–water partition coefficient (Wildman–Crippen LogP) is 29.4. The SMILES string of the molecule is CCCN(CCC)c1ccc2cc(-c3ccccc3C#N)ccc2c1.CCN(CC)c1ccc2cc(-c3ccccc3C#N)ccc2c1.CN(C)c1ccc2cc(-c3ccccc3C#N)ccc2c1.CN1CCN(c2ccc3cc(-c4ccccc4C#N)ccc3c2)CC1.N#Cc1ccccc1-c1ccc2cc(N3CCCCC3)ccc2c1.N#Cc1ccccc1-c1ccc2cc(N3CCOCC3)ccc2c1. The molecule has 3 heterocycles. The monoisotopic (exact) mass is 1850 g/mol. The number of ether oxygens (including phenoxy) is 1. The third kappa shape index (κ3) is 23.9. The minimum absolute atomic E-state index is 0.710. The van der Waals surface area contributed by atoms with E-state index in [0.717, 1.165) is 175 Å². The number of nitrogens with zero attached hydrogens (tertiary/aromatic N) is 13. The Kier molecular flexibility index (Phi) is 33.2. The van der Waals surface area contributed by atoms with Gasteiger partial charge in [0, 0.05) is 127 Å². The first-order valence-electron chi connectivity index (χ1n) is 49.5. The fraction of sp³-hybridized carbons (Fsp3) is 0.203. The second-order valence-electron chi connectivity index (χ2n) is 36.4. The average Bonchev–Trinajstić information content (AvgIpc) is 0.822. The van der Waals surface area contributed by atoms with Crippen LogP contribution in [0.15, 0.2) is 364 Å². The zero-order valence-corrected chi connectivity index (χ0v) is 82.3. The Labute approximate surface area is 837 Å². The topological polar surface area (TPSA) is 175 Å². The summed E-state index contributed by atoms with van der Waals surface area (Å²) in [6.07, 6.45) is 6.25. The molecule has 0 saturated carbocycles. The van der Waals surface area contributed by atoms with E-state index in [0.29, 0.717) is 16.7 Å². The molecule has 0 aliphatic carbocycles. The summed E-state index contributed by atoms with van der Waals surface area (Å²) in [4.78, 5) is 16.6. The van der Waals surface area contributed by atoms with Crippen molar-refractivity contribution in [2.24, 2.45) is 0 Å². The number of piperazine rings is 1. The van der Waals surface area contributed by atoms with E-state index in [9.17, 15) is 31.6 Å². The van der Waals surface area contributed by atoms with Crippen LogP contribution in [0.4, 0.5) is 34.1 Å². The predicted molar refractivity (Wildman–Crippen MR) is 594 cm³/mol. The molecule has 21 rings (SSSR count). The minimum atomic E-state index is 0.710. The van der Waals surface area contributed by atoms with Crippen LogP contribution in [0.2, 0.25) is 0 Å². The highest BCUT2D eigenvalue weighted by Crippen LogP contribution is 2.38. The fourth-order valence-electron chi connectivity index (χ4n) is 19.2. The molecule has 0 unspecified atom stereocenters. The molecule has 3 aliphatic rings. The van der Waals surface area contributed by atoms with Gasteiger partial charge in [0.05, 0.1) is 83.0 Å². The summed E-state index contributed by atoms with van der Waals surface area (Å²) < 4.78 is 5.43. The van der Waals surface area contributed by atoms with Gasteiger partial charge in [0.15, 0.2) is 0 Å². The molecule has 0 aromatic heterocycles. The number of hydrogen-bond acceptors (Lipinski definition) is 14. The Hall–Kier alpha value is -16.8. The van der Waals surface area contributed by atoms with Crippen molar-refractivity contribution in [1.82, 2.24) is 4.90 Å². The fourth-order valence-corrected chi connectivity index (χ4v) is 19.2. The first-order chi connectivity index (χ1) is 69.6. The Bertz CT molecular complexity index is 7600. The van der Waals surface area contributed by atoms with Crippen molar-refractivity contribution in [3.05, 3.63) is 397 Å². The molecule has 14 heteroatoms. The molecule has 0 N–H and O–H groups in total. The van der Waals surface area contributed by atoms with Crippen LogP contribution in [-0.2, 0) is 4.74 Å². The summed E-state index contributed by atoms with van der Waals surface area (Å²) in [6.45, 7) is 23.2. The summed E-state index contributed by atoms with van der Waals surface area (Å²) in [5.74, 6) is 0. The van der Waals surface area contributed by atoms with Crippen LogP contribution in [0, 0.1) is 68.0 Å². The molecule has 142 heavy (non-hydrogen) atoms. The molecule has 18 aromatic carbocycles. The van der Waals surface area contributed by atoms with Crippen molar-refractivity contribution in [1.29, 1.82) is 31.6 Å². The van der Waals surface area contributed by atoms with E-state index < -0.39 is 0 Å². The molecule has 0 amide bonds. The van der Waals surface area contributed by atoms with Crippen LogP contribution in [0.5, 0.6) is 0 Å². The summed E-state index contributed by atoms with van der Waals surface area (Å²) in [7, 11) is 6.26. The van der Waals surface area contributed by atoms with Gasteiger partial charge in [0.25, 0.3) is 0 Å². The van der Waals surface area contributed by atoms with Gasteiger partial charge in [0.2, 0.25) is 0 Å². The van der Waals surface area contributed by atoms with Crippen molar-refractivity contribution >= 4 is 98.8 Å². The maximum atomic E-state index is 9.34. The van der Waals surface area contributed by atoms with Gasteiger partial charge in [-0.3, -0.25) is 0 Å². The minimum Gasteiger partial charge on any atom is -0.378 e. The summed E-state index contributed by atoms with van der Waals surface area (Å²) in [5, 5.41) is 70.4. The summed E-state index contributed by atoms with van der Waals surface area (Å²) in [6, 6.07) is 138. The van der Waals surface area contributed by atoms with Gasteiger partial charge in [-0.1, -0.05) is 232 Å². The molecule has 14 nitrogen and oxygen atoms in total. The van der Waals surface area contributed by atoms with E-state index in [2.05, 4.69) is 324 Å². The Balaban J connectivity index is 0.000000123. The third-order valence-corrected chi connectivity index (χ3v) is 27.1. The number of likely N-dealkylation sites (N-methyl/N-ethyl adjacent to an activating group) is 1. The van der Waals surface area contributed by atoms with Crippen molar-refractivity contribution in [2.45, 2.75) is 59.8 Å². The summed E-state index contributed by atoms with van der Waals surface area (Å²) in [5.41, 5.74) is 24.4. The van der Waals surface area contributed by atoms with Crippen LogP contribution in [-0.4, -0.2) is 118 Å². The maximum Gasteiger partial charge on any atom is 0.0998 e. The highest BCUT2D eigenvalue weighted by molar-refractivity contribution is 5.97. The van der Waals surface area contributed by atoms with Gasteiger partial charge >= 0.3 is 0 Å². The molecule has 18 aromatic rings. The van der Waals surface area contributed by atoms with E-state index >= 15 is 0 Å². The van der Waals surface area contributed by atoms with Crippen molar-refractivity contribution < 1.29 is 4.74 Å². The number of benzene rings is 18. The van der Waals surface area contributed by atoms with Gasteiger partial charge in [-0.2, -0.15) is 31.6 Å². The Morgan fingerprint density at radius 2 is 0.486 bits per heavy atom. The van der Waals surface area contributed by atoms with Crippen LogP contribution in [0.3, 0.4) is 0 Å². The first kappa shape index (κ1) is 98.2. The lowest BCUT2D eigenvalue weighted by Crippen LogP contribution is -2.44. The molecular formula is C128H119N13O. The van der Waals surface area contributed by atoms with Crippen LogP contribution < -0.4 is 29.4 Å². The number of anilines is 6. The lowest BCUT2D eigenvalue weighted by Gasteiger charge is -2.34. The van der Waals surface area contributed by atoms with Gasteiger partial charge in [-0.25, -0.2) is 0 Å². The molecule has 702 valence electrons. The first-order valence-corrected chi connectivity index (χ1v) is 49.5. The highest BCUT2D eigenvalue weighted by atomic mass is 16.5. The Morgan fingerprint density at radius 3 is 0.768 bits per heavy atom. The lowest BCUT2D eigenvalue weighted by atomic mass is 9.97. The zero-order valence-electron chi connectivity index (χ0n) is 82.3. The maximum absolute atomic E-state index is 9.34. The van der Waals surface area contributed by atoms with E-state index in [-0.39, 0.29) is 0 Å². The van der Waals surface area contributed by atoms with Crippen LogP contribution in [0.1, 0.15) is 93.2 Å². The molecule has 0 atom stereocenters. The van der Waals surface area contributed by atoms with E-state index in [4.69, 9.17) is 4.74 Å². The molecule has 3 aliphatic heterocycles. The number of morpholine rings is 1. The number of hydrogen-bond donors (Lipinski definition) is 0. The molecule has 0 radical (unpaired) electrons. The molecular weight excluding hydrogens is 1740 g/mol. The van der Waals surface area contributed by atoms with Crippen molar-refractivity contribution in [3.63, 3.8) is 0 Å². The summed E-state index contributed by atoms with van der Waals surface area (Å²) >= 11 is 0. The molecule has 0 spiro atoms. The highest BCUT2D eigenvalue weighted by Gasteiger charge is 2.20. The molecule has 0 bridgehead atoms. The quantitative estimate of drug-likeness (QED) is 0.0793. The molecule has 3 fully saturated rings. The van der Waals surface area contributed by atoms with Gasteiger partial charge in [-0.05, 0) is 330 Å². The van der Waals surface area contributed by atoms with Crippen molar-refractivity contribution in [2.75, 3.05) is 142 Å². The van der Waals surface area contributed by atoms with E-state index in [1.165, 1.54) is 131 Å². The third-order valence-electron chi connectivity index (χ3n) is 27.1. The van der Waals surface area contributed by atoms with E-state index in [1.54, 1.807) is 0 Å². The number of fused-ring (bicyclic) bond motifs is 6. The largest absolute Gasteiger partial charge is 0.378 e. The van der Waals surface area contributed by atoms with Gasteiger partial charge in [-0.15, -0.1) is 0 Å². The molecule has 3 saturated heterocycles. The zero-order chi connectivity index (χ0) is 98.6. The average molecular weight is 1860 g/mol. The smallest absolute Gasteiger partial charge is 0.0998 e. The van der Waals surface area contributed by atoms with Crippen LogP contribution >= 0.6 is 0 Å². The second kappa shape index (κ2) is 48.0. The van der Waals surface area contributed by atoms with Gasteiger partial charge < -0.3 is 39.0 Å². The number of nitriles is 6.